The molecule has 3 saturated heterocycles. The van der Waals surface area contributed by atoms with E-state index in [9.17, 15) is 9.59 Å². The van der Waals surface area contributed by atoms with Gasteiger partial charge in [0.1, 0.15) is 6.04 Å². The maximum atomic E-state index is 14.4. The van der Waals surface area contributed by atoms with E-state index in [4.69, 9.17) is 9.98 Å². The number of benzene rings is 3. The minimum absolute atomic E-state index is 0.0536. The van der Waals surface area contributed by atoms with Crippen LogP contribution in [0.25, 0.3) is 22.3 Å². The molecule has 9 nitrogen and oxygen atoms in total. The molecule has 0 bridgehead atoms. The molecule has 1 N–H and O–H groups in total. The summed E-state index contributed by atoms with van der Waals surface area (Å²) in [4.78, 5) is 43.9. The van der Waals surface area contributed by atoms with Crippen LogP contribution in [0.1, 0.15) is 91.9 Å². The number of nitrogens with zero attached hydrogens (tertiary/aromatic N) is 6. The van der Waals surface area contributed by atoms with Gasteiger partial charge in [-0.2, -0.15) is 5.10 Å². The van der Waals surface area contributed by atoms with E-state index >= 15 is 0 Å². The van der Waals surface area contributed by atoms with Crippen LogP contribution in [0.2, 0.25) is 0 Å². The molecule has 5 aliphatic heterocycles. The number of nitrogens with one attached hydrogen (secondary N) is 1. The minimum Gasteiger partial charge on any atom is -0.334 e. The van der Waals surface area contributed by atoms with Gasteiger partial charge in [-0.05, 0) is 104 Å². The van der Waals surface area contributed by atoms with E-state index < -0.39 is 0 Å². The van der Waals surface area contributed by atoms with E-state index in [0.717, 1.165) is 106 Å². The van der Waals surface area contributed by atoms with Gasteiger partial charge in [-0.3, -0.25) is 29.6 Å². The number of piperidine rings is 1. The molecule has 5 aliphatic rings. The number of H-pyrrole nitrogens is 1. The molecule has 3 atom stereocenters. The number of aromatic amines is 1. The van der Waals surface area contributed by atoms with E-state index in [-0.39, 0.29) is 29.9 Å². The number of aryl methyl sites for hydroxylation is 1. The van der Waals surface area contributed by atoms with E-state index in [1.807, 2.05) is 36.4 Å². The Bertz CT molecular complexity index is 2190. The maximum absolute atomic E-state index is 14.4. The number of likely N-dealkylation sites (tertiary alicyclic amines) is 3. The Morgan fingerprint density at radius 3 is 1.80 bits per heavy atom. The van der Waals surface area contributed by atoms with E-state index in [1.165, 1.54) is 39.8 Å². The molecule has 3 aromatic carbocycles. The number of allylic oxidation sites excluding steroid dienone is 2. The number of amides is 2. The Morgan fingerprint density at radius 2 is 1.23 bits per heavy atom. The lowest BCUT2D eigenvalue weighted by Crippen LogP contribution is -2.48. The molecule has 0 aliphatic carbocycles. The first-order valence-corrected chi connectivity index (χ1v) is 20.6. The first kappa shape index (κ1) is 36.2. The number of carbonyl (C=O) groups is 2. The standard InChI is InChI=1S/C47H51N7O2/c1-32-26-40(51-50-32)29-45(55)53-24-8-12-43(53)41-27-38(30-48-41)35-18-14-33(15-19-35)34-16-20-36(21-17-34)39-28-42(49-31-39)44-13-9-25-54(44)47(56)46(37-10-4-2-5-11-37)52-22-6-3-7-23-52/h2,4-5,10-11,14-21,26,30-31,43-44,46H,3,6-9,12-13,22-25,27-29H2,1H3,(H,50,51)/t43-,44-,46+/m0/s1. The molecule has 0 saturated carbocycles. The van der Waals surface area contributed by atoms with Crippen LogP contribution >= 0.6 is 0 Å². The summed E-state index contributed by atoms with van der Waals surface area (Å²) in [6.45, 7) is 5.47. The average Bonchev–Trinajstić information content (AvgIpc) is 4.09. The molecule has 3 fully saturated rings. The summed E-state index contributed by atoms with van der Waals surface area (Å²) >= 11 is 0. The molecule has 2 amide bonds. The molecule has 6 heterocycles. The van der Waals surface area contributed by atoms with Crippen molar-refractivity contribution in [3.8, 4) is 11.1 Å². The van der Waals surface area contributed by atoms with Crippen molar-refractivity contribution in [2.45, 2.75) is 89.3 Å². The van der Waals surface area contributed by atoms with Crippen molar-refractivity contribution in [1.29, 1.82) is 0 Å². The molecule has 4 aromatic rings. The zero-order valence-corrected chi connectivity index (χ0v) is 32.4. The molecule has 9 rings (SSSR count). The van der Waals surface area contributed by atoms with Gasteiger partial charge in [0.15, 0.2) is 0 Å². The SMILES string of the molecule is Cc1cc(CC(=O)N2CCC[C@H]2C2=NC=C(c3ccc(-c4ccc(C5=CN=C([C@@H]6CCCN6C(=O)[C@@H](c6ccccc6)N6CCCCC6)C5)cc4)cc3)C2)n[nH]1. The number of hydrogen-bond acceptors (Lipinski definition) is 6. The fraction of sp³-hybridized carbons (Fsp3) is 0.383. The third-order valence-electron chi connectivity index (χ3n) is 12.4. The molecule has 0 unspecified atom stereocenters. The summed E-state index contributed by atoms with van der Waals surface area (Å²) in [5.41, 5.74) is 12.1. The van der Waals surface area contributed by atoms with Crippen LogP contribution in [0, 0.1) is 6.92 Å². The summed E-state index contributed by atoms with van der Waals surface area (Å²) in [5.74, 6) is 0.351. The molecule has 0 spiro atoms. The zero-order chi connectivity index (χ0) is 38.0. The summed E-state index contributed by atoms with van der Waals surface area (Å²) in [6, 6.07) is 29.8. The lowest BCUT2D eigenvalue weighted by molar-refractivity contribution is -0.137. The molecule has 9 heteroatoms. The number of carbonyl (C=O) groups excluding carboxylic acids is 2. The van der Waals surface area contributed by atoms with Crippen molar-refractivity contribution in [3.05, 3.63) is 125 Å². The highest BCUT2D eigenvalue weighted by molar-refractivity contribution is 6.04. The fourth-order valence-electron chi connectivity index (χ4n) is 9.50. The predicted octanol–water partition coefficient (Wildman–Crippen LogP) is 8.21. The van der Waals surface area contributed by atoms with Gasteiger partial charge >= 0.3 is 0 Å². The van der Waals surface area contributed by atoms with Gasteiger partial charge in [0, 0.05) is 55.4 Å². The van der Waals surface area contributed by atoms with Crippen LogP contribution < -0.4 is 0 Å². The highest BCUT2D eigenvalue weighted by Crippen LogP contribution is 2.35. The van der Waals surface area contributed by atoms with Crippen LogP contribution in [0.15, 0.2) is 107 Å². The van der Waals surface area contributed by atoms with Crippen LogP contribution in [0.5, 0.6) is 0 Å². The second kappa shape index (κ2) is 16.0. The summed E-state index contributed by atoms with van der Waals surface area (Å²) < 4.78 is 0. The van der Waals surface area contributed by atoms with Crippen molar-refractivity contribution in [2.24, 2.45) is 9.98 Å². The number of rotatable bonds is 10. The second-order valence-corrected chi connectivity index (χ2v) is 16.1. The van der Waals surface area contributed by atoms with Gasteiger partial charge in [-0.1, -0.05) is 85.3 Å². The normalized spacial score (nSPS) is 21.9. The molecular weight excluding hydrogens is 695 g/mol. The van der Waals surface area contributed by atoms with E-state index in [1.54, 1.807) is 0 Å². The van der Waals surface area contributed by atoms with E-state index in [0.29, 0.717) is 6.42 Å². The lowest BCUT2D eigenvalue weighted by atomic mass is 9.94. The van der Waals surface area contributed by atoms with Gasteiger partial charge in [-0.25, -0.2) is 0 Å². The van der Waals surface area contributed by atoms with Crippen LogP contribution in [-0.4, -0.2) is 86.4 Å². The van der Waals surface area contributed by atoms with Crippen molar-refractivity contribution in [1.82, 2.24) is 24.9 Å². The maximum Gasteiger partial charge on any atom is 0.245 e. The number of aliphatic imine (C=N–C) groups is 2. The van der Waals surface area contributed by atoms with Crippen LogP contribution in [-0.2, 0) is 16.0 Å². The molecular formula is C47H51N7O2. The minimum atomic E-state index is -0.225. The third kappa shape index (κ3) is 7.44. The Morgan fingerprint density at radius 1 is 0.679 bits per heavy atom. The van der Waals surface area contributed by atoms with Crippen LogP contribution in [0.4, 0.5) is 0 Å². The second-order valence-electron chi connectivity index (χ2n) is 16.1. The largest absolute Gasteiger partial charge is 0.334 e. The Kier molecular flexibility index (Phi) is 10.3. The van der Waals surface area contributed by atoms with E-state index in [2.05, 4.69) is 92.8 Å². The molecule has 286 valence electrons. The smallest absolute Gasteiger partial charge is 0.245 e. The van der Waals surface area contributed by atoms with Gasteiger partial charge in [0.2, 0.25) is 11.8 Å². The Hall–Kier alpha value is -5.41. The van der Waals surface area contributed by atoms with Gasteiger partial charge in [0.05, 0.1) is 24.2 Å². The van der Waals surface area contributed by atoms with Crippen molar-refractivity contribution in [3.63, 3.8) is 0 Å². The summed E-state index contributed by atoms with van der Waals surface area (Å²) in [5, 5.41) is 7.21. The molecule has 0 radical (unpaired) electrons. The quantitative estimate of drug-likeness (QED) is 0.177. The summed E-state index contributed by atoms with van der Waals surface area (Å²) in [7, 11) is 0. The average molecular weight is 746 g/mol. The third-order valence-corrected chi connectivity index (χ3v) is 12.4. The Balaban J connectivity index is 0.806. The van der Waals surface area contributed by atoms with Crippen molar-refractivity contribution >= 4 is 34.4 Å². The number of hydrogen-bond donors (Lipinski definition) is 1. The van der Waals surface area contributed by atoms with Crippen molar-refractivity contribution in [2.75, 3.05) is 26.2 Å². The zero-order valence-electron chi connectivity index (χ0n) is 32.4. The first-order valence-electron chi connectivity index (χ1n) is 20.6. The van der Waals surface area contributed by atoms with Gasteiger partial charge in [0.25, 0.3) is 0 Å². The topological polar surface area (TPSA) is 97.3 Å². The first-order chi connectivity index (χ1) is 27.5. The monoisotopic (exact) mass is 745 g/mol. The van der Waals surface area contributed by atoms with Crippen molar-refractivity contribution < 1.29 is 9.59 Å². The Labute approximate surface area is 329 Å². The number of aromatic nitrogens is 2. The lowest BCUT2D eigenvalue weighted by Gasteiger charge is -2.37. The summed E-state index contributed by atoms with van der Waals surface area (Å²) in [6.07, 6.45) is 13.3. The van der Waals surface area contributed by atoms with Gasteiger partial charge in [-0.15, -0.1) is 0 Å². The molecule has 1 aromatic heterocycles. The van der Waals surface area contributed by atoms with Crippen LogP contribution in [0.3, 0.4) is 0 Å². The predicted molar refractivity (Wildman–Crippen MR) is 223 cm³/mol. The molecule has 56 heavy (non-hydrogen) atoms. The highest BCUT2D eigenvalue weighted by Gasteiger charge is 2.40. The fourth-order valence-corrected chi connectivity index (χ4v) is 9.50. The van der Waals surface area contributed by atoms with Gasteiger partial charge < -0.3 is 9.80 Å². The highest BCUT2D eigenvalue weighted by atomic mass is 16.2.